The summed E-state index contributed by atoms with van der Waals surface area (Å²) in [7, 11) is 0. The molecule has 16 heteroatoms. The van der Waals surface area contributed by atoms with E-state index in [1.807, 2.05) is 72.4 Å². The third-order valence-electron chi connectivity index (χ3n) is 21.9. The minimum Gasteiger partial charge on any atom is -0.346 e. The Morgan fingerprint density at radius 3 is 1.63 bits per heavy atom. The molecule has 1 fully saturated rings. The molecule has 0 bridgehead atoms. The highest BCUT2D eigenvalue weighted by Crippen LogP contribution is 2.35. The summed E-state index contributed by atoms with van der Waals surface area (Å²) in [6.07, 6.45) is 27.5. The van der Waals surface area contributed by atoms with E-state index in [1.165, 1.54) is 147 Å². The largest absolute Gasteiger partial charge is 0.346 e. The first-order valence-electron chi connectivity index (χ1n) is 41.5. The highest BCUT2D eigenvalue weighted by molar-refractivity contribution is 5.87. The van der Waals surface area contributed by atoms with Crippen molar-refractivity contribution in [1.29, 1.82) is 0 Å². The van der Waals surface area contributed by atoms with Gasteiger partial charge in [0.1, 0.15) is 11.3 Å². The van der Waals surface area contributed by atoms with Crippen LogP contribution in [0.3, 0.4) is 0 Å². The van der Waals surface area contributed by atoms with Crippen LogP contribution in [-0.2, 0) is 58.5 Å². The maximum atomic E-state index is 4.38. The average Bonchev–Trinajstić information content (AvgIpc) is 1.58. The van der Waals surface area contributed by atoms with Gasteiger partial charge in [-0.3, -0.25) is 34.6 Å². The van der Waals surface area contributed by atoms with Crippen molar-refractivity contribution >= 4 is 55.5 Å². The van der Waals surface area contributed by atoms with Gasteiger partial charge in [0.2, 0.25) is 0 Å². The Kier molecular flexibility index (Phi) is 28.3. The van der Waals surface area contributed by atoms with Crippen molar-refractivity contribution in [3.8, 4) is 0 Å². The number of piperidine rings is 1. The van der Waals surface area contributed by atoms with Gasteiger partial charge in [-0.05, 0) is 232 Å². The van der Waals surface area contributed by atoms with Crippen LogP contribution in [0.1, 0.15) is 269 Å². The second-order valence-corrected chi connectivity index (χ2v) is 40.4. The van der Waals surface area contributed by atoms with E-state index in [2.05, 4.69) is 359 Å². The summed E-state index contributed by atoms with van der Waals surface area (Å²) in [6, 6.07) is 36.0. The summed E-state index contributed by atoms with van der Waals surface area (Å²) >= 11 is 0. The summed E-state index contributed by atoms with van der Waals surface area (Å²) in [5.74, 6) is 0. The number of hydrogen-bond acceptors (Lipinski definition) is 10. The van der Waals surface area contributed by atoms with Gasteiger partial charge in [0.15, 0.2) is 0 Å². The van der Waals surface area contributed by atoms with Gasteiger partial charge in [0.25, 0.3) is 0 Å². The topological polar surface area (TPSA) is 172 Å². The fraction of sp³-hybridized carbons (Fsp3) is 0.515. The van der Waals surface area contributed by atoms with Gasteiger partial charge in [-0.2, -0.15) is 20.4 Å². The Labute approximate surface area is 678 Å². The predicted molar refractivity (Wildman–Crippen MR) is 479 cm³/mol. The average molecular weight is 1530 g/mol. The Balaban J connectivity index is 0.000000146. The second kappa shape index (κ2) is 36.3. The maximum Gasteiger partial charge on any atom is 0.137 e. The molecule has 4 N–H and O–H groups in total. The molecule has 0 aliphatic carbocycles. The minimum atomic E-state index is 0.170. The van der Waals surface area contributed by atoms with Crippen molar-refractivity contribution in [1.82, 2.24) is 74.4 Å². The molecule has 0 amide bonds. The number of aromatic amines is 4. The van der Waals surface area contributed by atoms with Crippen LogP contribution in [0, 0.1) is 0 Å². The van der Waals surface area contributed by atoms with Crippen molar-refractivity contribution in [2.45, 2.75) is 294 Å². The van der Waals surface area contributed by atoms with E-state index in [0.29, 0.717) is 11.1 Å². The molecule has 0 atom stereocenters. The van der Waals surface area contributed by atoms with Crippen LogP contribution in [0.5, 0.6) is 0 Å². The summed E-state index contributed by atoms with van der Waals surface area (Å²) in [5, 5.41) is 29.1. The Morgan fingerprint density at radius 1 is 0.398 bits per heavy atom. The molecule has 0 radical (unpaired) electrons. The van der Waals surface area contributed by atoms with Crippen molar-refractivity contribution in [2.75, 3.05) is 32.7 Å². The first-order valence-corrected chi connectivity index (χ1v) is 41.5. The molecule has 5 aliphatic heterocycles. The van der Waals surface area contributed by atoms with Crippen molar-refractivity contribution < 1.29 is 0 Å². The van der Waals surface area contributed by atoms with Crippen LogP contribution >= 0.6 is 0 Å². The number of nitrogens with zero attached hydrogens (tertiary/aromatic N) is 12. The molecule has 12 aromatic rings. The van der Waals surface area contributed by atoms with Gasteiger partial charge in [-0.25, -0.2) is 14.5 Å². The Morgan fingerprint density at radius 2 is 0.991 bits per heavy atom. The minimum absolute atomic E-state index is 0.170. The molecule has 14 heterocycles. The Hall–Kier alpha value is -8.83. The van der Waals surface area contributed by atoms with Crippen LogP contribution in [0.2, 0.25) is 0 Å². The Bertz CT molecular complexity index is 4920. The lowest BCUT2D eigenvalue weighted by Gasteiger charge is -2.38. The number of aliphatic imine (C=N–C) groups is 1. The molecule has 0 saturated carbocycles. The van der Waals surface area contributed by atoms with Crippen LogP contribution in [0.15, 0.2) is 175 Å². The fourth-order valence-electron chi connectivity index (χ4n) is 14.9. The number of H-pyrrole nitrogens is 4. The quantitative estimate of drug-likeness (QED) is 0.115. The number of aryl methyl sites for hydroxylation is 1. The summed E-state index contributed by atoms with van der Waals surface area (Å²) in [6.45, 7) is 69.6. The smallest absolute Gasteiger partial charge is 0.137 e. The third-order valence-corrected chi connectivity index (χ3v) is 21.9. The zero-order chi connectivity index (χ0) is 82.7. The van der Waals surface area contributed by atoms with Gasteiger partial charge in [0.05, 0.1) is 48.1 Å². The molecule has 5 aliphatic rings. The zero-order valence-electron chi connectivity index (χ0n) is 74.4. The number of rotatable bonds is 0. The van der Waals surface area contributed by atoms with Gasteiger partial charge in [0, 0.05) is 120 Å². The lowest BCUT2D eigenvalue weighted by Crippen LogP contribution is -2.45. The molecule has 9 aromatic heterocycles. The van der Waals surface area contributed by atoms with Crippen molar-refractivity contribution in [2.24, 2.45) is 4.99 Å². The van der Waals surface area contributed by atoms with Crippen molar-refractivity contribution in [3.63, 3.8) is 0 Å². The lowest BCUT2D eigenvalue weighted by atomic mass is 9.84. The molecule has 0 unspecified atom stereocenters. The van der Waals surface area contributed by atoms with Gasteiger partial charge in [-0.1, -0.05) is 192 Å². The van der Waals surface area contributed by atoms with Crippen LogP contribution in [0.4, 0.5) is 0 Å². The number of benzene rings is 3. The van der Waals surface area contributed by atoms with E-state index in [1.54, 1.807) is 5.57 Å². The van der Waals surface area contributed by atoms with E-state index in [4.69, 9.17) is 0 Å². The second-order valence-electron chi connectivity index (χ2n) is 40.4. The molecule has 16 nitrogen and oxygen atoms in total. The first-order chi connectivity index (χ1) is 52.8. The molecule has 17 rings (SSSR count). The van der Waals surface area contributed by atoms with E-state index >= 15 is 0 Å². The molecule has 113 heavy (non-hydrogen) atoms. The van der Waals surface area contributed by atoms with E-state index < -0.39 is 0 Å². The number of nitrogens with one attached hydrogen (secondary N) is 4. The highest BCUT2D eigenvalue weighted by atomic mass is 15.3. The molecule has 3 aromatic carbocycles. The van der Waals surface area contributed by atoms with Crippen LogP contribution in [0.25, 0.3) is 49.3 Å². The monoisotopic (exact) mass is 1530 g/mol. The first kappa shape index (κ1) is 88.1. The van der Waals surface area contributed by atoms with Crippen LogP contribution in [-0.4, -0.2) is 130 Å². The van der Waals surface area contributed by atoms with Gasteiger partial charge in [-0.15, -0.1) is 0 Å². The summed E-state index contributed by atoms with van der Waals surface area (Å²) in [5.41, 5.74) is 21.7. The molecule has 1 saturated heterocycles. The maximum absolute atomic E-state index is 4.38. The normalized spacial score (nSPS) is 15.6. The lowest BCUT2D eigenvalue weighted by molar-refractivity contribution is 0.111. The molecular weight excluding hydrogens is 1390 g/mol. The summed E-state index contributed by atoms with van der Waals surface area (Å²) < 4.78 is 4.07. The van der Waals surface area contributed by atoms with E-state index in [0.717, 1.165) is 49.5 Å². The number of likely N-dealkylation sites (tertiary alicyclic amines) is 1. The predicted octanol–water partition coefficient (Wildman–Crippen LogP) is 23.1. The number of aromatic nitrogens is 12. The fourth-order valence-corrected chi connectivity index (χ4v) is 14.9. The van der Waals surface area contributed by atoms with Gasteiger partial charge >= 0.3 is 0 Å². The molecule has 0 spiro atoms. The number of fused-ring (bicyclic) bond motifs is 7. The van der Waals surface area contributed by atoms with Gasteiger partial charge < -0.3 is 9.97 Å². The number of pyridine rings is 3. The molecular formula is C97H140N16. The van der Waals surface area contributed by atoms with Crippen LogP contribution < -0.4 is 0 Å². The van der Waals surface area contributed by atoms with E-state index in [9.17, 15) is 0 Å². The van der Waals surface area contributed by atoms with Crippen molar-refractivity contribution in [3.05, 3.63) is 220 Å². The SMILES string of the molecule is CC(C)(C)N1CCC2=C(C=NC2)C1.CC(C)(C)N1CCCCC1.CC(C)(C)N1Cc2cn[nH]c2C1.CC(C)(C)c1cccc2[nH]ncc12.CC(C)(C)c1cccc2ccccc12.CC(C)(C)c1ccnc2[nH]ccc12.CC(C)(C)c1cnc2[nH]ccc2c1.CC(C)(C)c1cnn2c1CCC2.CC(C)(C)c1cnn2ccccc12. The molecule has 608 valence electrons. The van der Waals surface area contributed by atoms with E-state index in [-0.39, 0.29) is 38.0 Å². The summed E-state index contributed by atoms with van der Waals surface area (Å²) in [4.78, 5) is 26.7. The third kappa shape index (κ3) is 24.1. The zero-order valence-corrected chi connectivity index (χ0v) is 74.4. The highest BCUT2D eigenvalue weighted by Gasteiger charge is 2.31. The standard InChI is InChI=1S/C14H16.C11H14N2.C11H18N2.3C11H14N2.C10H16N2.C9H15N3.C9H19N/c1-14(2,3)13-10-6-8-11-7-4-5-9-12(11)13;1-11(2,3)9-5-7-13-10-8(9)4-6-12-10;1-11(2,3)13-5-4-9-6-12-7-10(9)8-13;1-11(2,3)9-6-8-4-5-12-10(8)13-7-9;1-11(2,3)9-5-4-6-10-8(9)7-12-13-10;1-11(2,3)9-8-12-13-7-5-4-6-10(9)13;1-10(2,3)8-7-11-12-6-4-5-9(8)12;1-9(2,3)12-5-7-4-10-11-8(7)6-12;1-9(2,3)10-7-5-4-6-8-10/h4-10H,1-3H3;4-7H,1-3H3,(H,12,13);7H,4-6,8H2,1-3H3;2*4-7H,1-3H3,(H,12,13);4-8H,1-3H3;7H,4-6H2,1-3H3;4H,5-6H2,1-3H3,(H,10,11);4-8H2,1-3H3. The number of hydrogen-bond donors (Lipinski definition) is 4.